The lowest BCUT2D eigenvalue weighted by atomic mass is 10.1. The Morgan fingerprint density at radius 2 is 1.45 bits per heavy atom. The van der Waals surface area contributed by atoms with Gasteiger partial charge >= 0.3 is 5.97 Å². The third-order valence-corrected chi connectivity index (χ3v) is 4.79. The molecule has 6 unspecified atom stereocenters. The largest absolute Gasteiger partial charge is 0.480 e. The summed E-state index contributed by atoms with van der Waals surface area (Å²) in [5, 5.41) is 35.0. The van der Waals surface area contributed by atoms with Crippen LogP contribution in [-0.4, -0.2) is 93.3 Å². The number of nitrogens with one attached hydrogen (secondary N) is 3. The van der Waals surface area contributed by atoms with Gasteiger partial charge < -0.3 is 42.7 Å². The molecular formula is C17H31N5O8S. The molecule has 0 saturated heterocycles. The zero-order valence-electron chi connectivity index (χ0n) is 17.5. The fourth-order valence-electron chi connectivity index (χ4n) is 2.31. The van der Waals surface area contributed by atoms with Gasteiger partial charge in [0.1, 0.15) is 24.2 Å². The average molecular weight is 466 g/mol. The molecule has 0 aromatic carbocycles. The number of carbonyl (C=O) groups is 5. The molecule has 178 valence electrons. The molecule has 0 spiro atoms. The van der Waals surface area contributed by atoms with E-state index in [0.29, 0.717) is 5.75 Å². The number of carboxylic acids is 1. The Hall–Kier alpha value is -2.42. The molecule has 4 amide bonds. The molecule has 0 saturated carbocycles. The van der Waals surface area contributed by atoms with Gasteiger partial charge in [-0.2, -0.15) is 11.8 Å². The fraction of sp³-hybridized carbons (Fsp3) is 0.706. The van der Waals surface area contributed by atoms with E-state index in [2.05, 4.69) is 16.0 Å². The summed E-state index contributed by atoms with van der Waals surface area (Å²) in [5.41, 5.74) is 10.6. The van der Waals surface area contributed by atoms with E-state index in [1.165, 1.54) is 25.6 Å². The third-order valence-electron chi connectivity index (χ3n) is 4.15. The molecule has 13 nitrogen and oxygen atoms in total. The van der Waals surface area contributed by atoms with Crippen LogP contribution in [0.1, 0.15) is 26.7 Å². The number of carbonyl (C=O) groups excluding carboxylic acids is 4. The smallest absolute Gasteiger partial charge is 0.326 e. The second kappa shape index (κ2) is 13.8. The summed E-state index contributed by atoms with van der Waals surface area (Å²) < 4.78 is 0. The highest BCUT2D eigenvalue weighted by Crippen LogP contribution is 2.04. The summed E-state index contributed by atoms with van der Waals surface area (Å²) in [7, 11) is 0. The van der Waals surface area contributed by atoms with Crippen LogP contribution < -0.4 is 27.4 Å². The summed E-state index contributed by atoms with van der Waals surface area (Å²) in [6.07, 6.45) is -1.47. The minimum Gasteiger partial charge on any atom is -0.480 e. The van der Waals surface area contributed by atoms with E-state index < -0.39 is 72.4 Å². The number of primary amides is 1. The summed E-state index contributed by atoms with van der Waals surface area (Å²) >= 11 is 1.37. The molecule has 0 aliphatic carbocycles. The van der Waals surface area contributed by atoms with Crippen molar-refractivity contribution in [2.75, 3.05) is 12.0 Å². The number of rotatable bonds is 14. The van der Waals surface area contributed by atoms with E-state index in [1.807, 2.05) is 0 Å². The molecule has 10 N–H and O–H groups in total. The van der Waals surface area contributed by atoms with E-state index in [9.17, 15) is 39.3 Å². The van der Waals surface area contributed by atoms with Crippen LogP contribution in [0.25, 0.3) is 0 Å². The molecule has 0 radical (unpaired) electrons. The normalized spacial score (nSPS) is 16.7. The highest BCUT2D eigenvalue weighted by atomic mass is 32.2. The monoisotopic (exact) mass is 465 g/mol. The quantitative estimate of drug-likeness (QED) is 0.125. The minimum atomic E-state index is -1.58. The predicted octanol–water partition coefficient (Wildman–Crippen LogP) is -3.76. The first-order chi connectivity index (χ1) is 14.3. The van der Waals surface area contributed by atoms with Crippen LogP contribution in [0.3, 0.4) is 0 Å². The minimum absolute atomic E-state index is 0.100. The first kappa shape index (κ1) is 28.6. The molecule has 31 heavy (non-hydrogen) atoms. The Morgan fingerprint density at radius 1 is 0.903 bits per heavy atom. The number of aliphatic carboxylic acids is 1. The number of aliphatic hydroxyl groups is 2. The topological polar surface area (TPSA) is 234 Å². The van der Waals surface area contributed by atoms with E-state index in [0.717, 1.165) is 0 Å². The molecule has 0 fully saturated rings. The van der Waals surface area contributed by atoms with Crippen molar-refractivity contribution >= 4 is 41.4 Å². The van der Waals surface area contributed by atoms with Crippen molar-refractivity contribution in [3.05, 3.63) is 0 Å². The second-order valence-electron chi connectivity index (χ2n) is 6.91. The molecule has 14 heteroatoms. The SMILES string of the molecule is CSCCC(NC(=O)C(CC(N)=O)NC(=O)C(NC(=O)C(N)C(C)O)C(C)O)C(=O)O. The van der Waals surface area contributed by atoms with Crippen LogP contribution in [0.15, 0.2) is 0 Å². The molecular weight excluding hydrogens is 434 g/mol. The van der Waals surface area contributed by atoms with E-state index in [-0.39, 0.29) is 6.42 Å². The number of aliphatic hydroxyl groups excluding tert-OH is 2. The first-order valence-electron chi connectivity index (χ1n) is 9.34. The zero-order chi connectivity index (χ0) is 24.3. The van der Waals surface area contributed by atoms with E-state index >= 15 is 0 Å². The Bertz CT molecular complexity index is 660. The Morgan fingerprint density at radius 3 is 1.87 bits per heavy atom. The van der Waals surface area contributed by atoms with E-state index in [1.54, 1.807) is 6.26 Å². The van der Waals surface area contributed by atoms with Crippen LogP contribution in [0.2, 0.25) is 0 Å². The summed E-state index contributed by atoms with van der Waals surface area (Å²) in [6.45, 7) is 2.44. The molecule has 0 aromatic rings. The summed E-state index contributed by atoms with van der Waals surface area (Å²) in [5.74, 6) is -4.77. The number of nitrogens with two attached hydrogens (primary N) is 2. The molecule has 0 heterocycles. The molecule has 0 bridgehead atoms. The van der Waals surface area contributed by atoms with Crippen LogP contribution in [-0.2, 0) is 24.0 Å². The summed E-state index contributed by atoms with van der Waals surface area (Å²) in [6, 6.07) is -5.77. The Labute approximate surface area is 183 Å². The van der Waals surface area contributed by atoms with Gasteiger partial charge in [0.25, 0.3) is 0 Å². The van der Waals surface area contributed by atoms with Gasteiger partial charge in [0.2, 0.25) is 23.6 Å². The van der Waals surface area contributed by atoms with Gasteiger partial charge in [0.15, 0.2) is 0 Å². The number of carboxylic acid groups (broad SMARTS) is 1. The van der Waals surface area contributed by atoms with Crippen molar-refractivity contribution in [3.8, 4) is 0 Å². The van der Waals surface area contributed by atoms with E-state index in [4.69, 9.17) is 11.5 Å². The average Bonchev–Trinajstić information content (AvgIpc) is 2.66. The maximum atomic E-state index is 12.6. The van der Waals surface area contributed by atoms with Crippen molar-refractivity contribution in [1.82, 2.24) is 16.0 Å². The molecule has 0 aliphatic rings. The van der Waals surface area contributed by atoms with Crippen LogP contribution in [0.4, 0.5) is 0 Å². The van der Waals surface area contributed by atoms with Gasteiger partial charge in [-0.3, -0.25) is 19.2 Å². The Kier molecular flexibility index (Phi) is 12.7. The number of hydrogen-bond acceptors (Lipinski definition) is 9. The van der Waals surface area contributed by atoms with Gasteiger partial charge in [0, 0.05) is 0 Å². The van der Waals surface area contributed by atoms with Crippen molar-refractivity contribution in [1.29, 1.82) is 0 Å². The lowest BCUT2D eigenvalue weighted by Gasteiger charge is -2.26. The van der Waals surface area contributed by atoms with Crippen LogP contribution >= 0.6 is 11.8 Å². The molecule has 0 aliphatic heterocycles. The number of amides is 4. The van der Waals surface area contributed by atoms with Crippen molar-refractivity contribution < 1.29 is 39.3 Å². The fourth-order valence-corrected chi connectivity index (χ4v) is 2.78. The maximum absolute atomic E-state index is 12.6. The van der Waals surface area contributed by atoms with Gasteiger partial charge in [-0.25, -0.2) is 4.79 Å². The summed E-state index contributed by atoms with van der Waals surface area (Å²) in [4.78, 5) is 59.7. The Balaban J connectivity index is 5.42. The second-order valence-corrected chi connectivity index (χ2v) is 7.89. The zero-order valence-corrected chi connectivity index (χ0v) is 18.3. The van der Waals surface area contributed by atoms with Gasteiger partial charge in [-0.1, -0.05) is 0 Å². The highest BCUT2D eigenvalue weighted by molar-refractivity contribution is 7.98. The third kappa shape index (κ3) is 10.4. The number of hydrogen-bond donors (Lipinski definition) is 8. The van der Waals surface area contributed by atoms with Crippen molar-refractivity contribution in [2.45, 2.75) is 63.1 Å². The molecule has 0 rings (SSSR count). The first-order valence-corrected chi connectivity index (χ1v) is 10.7. The van der Waals surface area contributed by atoms with Crippen LogP contribution in [0, 0.1) is 0 Å². The molecule has 6 atom stereocenters. The number of thioether (sulfide) groups is 1. The predicted molar refractivity (Wildman–Crippen MR) is 112 cm³/mol. The van der Waals surface area contributed by atoms with Crippen LogP contribution in [0.5, 0.6) is 0 Å². The van der Waals surface area contributed by atoms with Gasteiger partial charge in [-0.15, -0.1) is 0 Å². The standard InChI is InChI=1S/C17H31N5O8S/c1-7(23)12(19)15(27)22-13(8(2)24)16(28)21-10(6-11(18)25)14(26)20-9(17(29)30)4-5-31-3/h7-10,12-13,23-24H,4-6,19H2,1-3H3,(H2,18,25)(H,20,26)(H,21,28)(H,22,27)(H,29,30). The lowest BCUT2D eigenvalue weighted by Crippen LogP contribution is -2.61. The maximum Gasteiger partial charge on any atom is 0.326 e. The van der Waals surface area contributed by atoms with Gasteiger partial charge in [0.05, 0.1) is 18.6 Å². The van der Waals surface area contributed by atoms with Crippen molar-refractivity contribution in [2.24, 2.45) is 11.5 Å². The van der Waals surface area contributed by atoms with Gasteiger partial charge in [-0.05, 0) is 32.3 Å². The molecule has 0 aromatic heterocycles. The lowest BCUT2D eigenvalue weighted by molar-refractivity contribution is -0.142. The van der Waals surface area contributed by atoms with Crippen molar-refractivity contribution in [3.63, 3.8) is 0 Å². The highest BCUT2D eigenvalue weighted by Gasteiger charge is 2.33.